The summed E-state index contributed by atoms with van der Waals surface area (Å²) < 4.78 is 24.2. The van der Waals surface area contributed by atoms with Crippen LogP contribution in [-0.4, -0.2) is 25.4 Å². The van der Waals surface area contributed by atoms with E-state index in [-0.39, 0.29) is 16.2 Å². The number of carbonyl (C=O) groups is 1. The first kappa shape index (κ1) is 16.7. The molecule has 0 aliphatic rings. The molecule has 0 atom stereocenters. The van der Waals surface area contributed by atoms with E-state index in [0.717, 1.165) is 6.42 Å². The average molecular weight is 301 g/mol. The molecule has 0 spiro atoms. The van der Waals surface area contributed by atoms with Gasteiger partial charge in [-0.2, -0.15) is 0 Å². The molecule has 0 fully saturated rings. The van der Waals surface area contributed by atoms with Crippen LogP contribution in [0.3, 0.4) is 0 Å². The Hall–Kier alpha value is -1.34. The van der Waals surface area contributed by atoms with Crippen molar-refractivity contribution in [1.82, 2.24) is 9.88 Å². The smallest absolute Gasteiger partial charge is 0.267 e. The third-order valence-electron chi connectivity index (χ3n) is 3.46. The Morgan fingerprint density at radius 1 is 1.40 bits per heavy atom. The van der Waals surface area contributed by atoms with Crippen LogP contribution in [0.2, 0.25) is 0 Å². The van der Waals surface area contributed by atoms with Gasteiger partial charge in [-0.15, -0.1) is 0 Å². The van der Waals surface area contributed by atoms with Gasteiger partial charge in [0.1, 0.15) is 10.6 Å². The Balaban J connectivity index is 2.96. The number of aryl methyl sites for hydroxylation is 1. The second-order valence-electron chi connectivity index (χ2n) is 5.59. The van der Waals surface area contributed by atoms with Gasteiger partial charge in [-0.05, 0) is 24.8 Å². The van der Waals surface area contributed by atoms with Gasteiger partial charge in [0.15, 0.2) is 0 Å². The Morgan fingerprint density at radius 2 is 2.00 bits per heavy atom. The molecule has 1 heterocycles. The number of primary sulfonamides is 1. The van der Waals surface area contributed by atoms with Crippen LogP contribution < -0.4 is 10.5 Å². The summed E-state index contributed by atoms with van der Waals surface area (Å²) in [6.07, 6.45) is 2.32. The van der Waals surface area contributed by atoms with Crippen molar-refractivity contribution in [2.24, 2.45) is 10.6 Å². The largest absolute Gasteiger partial charge is 0.350 e. The van der Waals surface area contributed by atoms with Crippen LogP contribution in [0.5, 0.6) is 0 Å². The lowest BCUT2D eigenvalue weighted by atomic mass is 9.90. The van der Waals surface area contributed by atoms with E-state index in [9.17, 15) is 13.2 Å². The van der Waals surface area contributed by atoms with E-state index in [1.165, 1.54) is 12.3 Å². The SMILES string of the molecule is CCn1cc(S(N)(=O)=O)cc1C(=O)NCC(C)(C)CC. The molecule has 0 aliphatic carbocycles. The van der Waals surface area contributed by atoms with Gasteiger partial charge in [0, 0.05) is 19.3 Å². The van der Waals surface area contributed by atoms with Crippen molar-refractivity contribution < 1.29 is 13.2 Å². The topological polar surface area (TPSA) is 94.2 Å². The van der Waals surface area contributed by atoms with E-state index in [0.29, 0.717) is 18.8 Å². The fourth-order valence-electron chi connectivity index (χ4n) is 1.63. The van der Waals surface area contributed by atoms with E-state index in [1.807, 2.05) is 6.92 Å². The predicted molar refractivity (Wildman–Crippen MR) is 77.9 cm³/mol. The zero-order valence-electron chi connectivity index (χ0n) is 12.4. The number of nitrogens with zero attached hydrogens (tertiary/aromatic N) is 1. The van der Waals surface area contributed by atoms with Crippen LogP contribution >= 0.6 is 0 Å². The number of aromatic nitrogens is 1. The lowest BCUT2D eigenvalue weighted by Crippen LogP contribution is -2.34. The molecule has 20 heavy (non-hydrogen) atoms. The zero-order valence-corrected chi connectivity index (χ0v) is 13.3. The maximum atomic E-state index is 12.2. The summed E-state index contributed by atoms with van der Waals surface area (Å²) in [5.74, 6) is -0.289. The van der Waals surface area contributed by atoms with Crippen LogP contribution in [0.15, 0.2) is 17.2 Å². The molecule has 6 nitrogen and oxygen atoms in total. The van der Waals surface area contributed by atoms with Crippen LogP contribution in [0.25, 0.3) is 0 Å². The summed E-state index contributed by atoms with van der Waals surface area (Å²) in [6, 6.07) is 1.31. The lowest BCUT2D eigenvalue weighted by molar-refractivity contribution is 0.0926. The number of nitrogens with two attached hydrogens (primary N) is 1. The first-order valence-corrected chi connectivity index (χ1v) is 8.16. The Kier molecular flexibility index (Phi) is 4.99. The molecule has 0 bridgehead atoms. The van der Waals surface area contributed by atoms with Gasteiger partial charge in [0.25, 0.3) is 5.91 Å². The number of amides is 1. The van der Waals surface area contributed by atoms with E-state index in [1.54, 1.807) is 4.57 Å². The highest BCUT2D eigenvalue weighted by molar-refractivity contribution is 7.89. The Bertz CT molecular complexity index is 588. The van der Waals surface area contributed by atoms with Gasteiger partial charge < -0.3 is 9.88 Å². The van der Waals surface area contributed by atoms with Crippen LogP contribution in [0.4, 0.5) is 0 Å². The van der Waals surface area contributed by atoms with Gasteiger partial charge in [-0.3, -0.25) is 4.79 Å². The van der Waals surface area contributed by atoms with Gasteiger partial charge in [0.2, 0.25) is 10.0 Å². The van der Waals surface area contributed by atoms with Crippen LogP contribution in [0, 0.1) is 5.41 Å². The molecule has 1 aromatic heterocycles. The van der Waals surface area contributed by atoms with E-state index >= 15 is 0 Å². The van der Waals surface area contributed by atoms with E-state index in [2.05, 4.69) is 26.1 Å². The maximum absolute atomic E-state index is 12.2. The fraction of sp³-hybridized carbons (Fsp3) is 0.615. The highest BCUT2D eigenvalue weighted by Crippen LogP contribution is 2.18. The molecular formula is C13H23N3O3S. The average Bonchev–Trinajstić information content (AvgIpc) is 2.80. The van der Waals surface area contributed by atoms with E-state index in [4.69, 9.17) is 5.14 Å². The van der Waals surface area contributed by atoms with Gasteiger partial charge >= 0.3 is 0 Å². The highest BCUT2D eigenvalue weighted by Gasteiger charge is 2.21. The zero-order chi connectivity index (χ0) is 15.6. The summed E-state index contributed by atoms with van der Waals surface area (Å²) in [7, 11) is -3.80. The quantitative estimate of drug-likeness (QED) is 0.829. The molecule has 0 saturated carbocycles. The molecule has 0 radical (unpaired) electrons. The van der Waals surface area contributed by atoms with Crippen molar-refractivity contribution in [3.8, 4) is 0 Å². The predicted octanol–water partition coefficient (Wildman–Crippen LogP) is 1.32. The van der Waals surface area contributed by atoms with E-state index < -0.39 is 10.0 Å². The number of nitrogens with one attached hydrogen (secondary N) is 1. The summed E-state index contributed by atoms with van der Waals surface area (Å²) >= 11 is 0. The number of sulfonamides is 1. The number of hydrogen-bond acceptors (Lipinski definition) is 3. The Labute approximate surface area is 120 Å². The van der Waals surface area contributed by atoms with Crippen molar-refractivity contribution in [1.29, 1.82) is 0 Å². The summed E-state index contributed by atoms with van der Waals surface area (Å²) in [5, 5.41) is 7.92. The molecule has 0 aliphatic heterocycles. The molecule has 0 unspecified atom stereocenters. The monoisotopic (exact) mass is 301 g/mol. The molecule has 0 aromatic carbocycles. The van der Waals surface area contributed by atoms with Crippen molar-refractivity contribution in [3.05, 3.63) is 18.0 Å². The summed E-state index contributed by atoms with van der Waals surface area (Å²) in [4.78, 5) is 12.1. The van der Waals surface area contributed by atoms with Gasteiger partial charge in [-0.25, -0.2) is 13.6 Å². The fourth-order valence-corrected chi connectivity index (χ4v) is 2.18. The van der Waals surface area contributed by atoms with Crippen molar-refractivity contribution in [3.63, 3.8) is 0 Å². The second kappa shape index (κ2) is 5.97. The van der Waals surface area contributed by atoms with Crippen LogP contribution in [0.1, 0.15) is 44.6 Å². The summed E-state index contributed by atoms with van der Waals surface area (Å²) in [5.41, 5.74) is 0.311. The molecule has 1 aromatic rings. The van der Waals surface area contributed by atoms with Crippen molar-refractivity contribution in [2.45, 2.75) is 45.6 Å². The first-order valence-electron chi connectivity index (χ1n) is 6.62. The number of hydrogen-bond donors (Lipinski definition) is 2. The third kappa shape index (κ3) is 4.08. The standard InChI is InChI=1S/C13H23N3O3S/c1-5-13(3,4)9-15-12(17)11-7-10(20(14,18)19)8-16(11)6-2/h7-8H,5-6,9H2,1-4H3,(H,15,17)(H2,14,18,19). The molecule has 1 amide bonds. The minimum atomic E-state index is -3.80. The highest BCUT2D eigenvalue weighted by atomic mass is 32.2. The van der Waals surface area contributed by atoms with Gasteiger partial charge in [-0.1, -0.05) is 20.8 Å². The summed E-state index contributed by atoms with van der Waals surface area (Å²) in [6.45, 7) is 9.03. The molecule has 1 rings (SSSR count). The molecule has 3 N–H and O–H groups in total. The minimum absolute atomic E-state index is 0.00205. The molecular weight excluding hydrogens is 278 g/mol. The molecule has 7 heteroatoms. The normalized spacial score (nSPS) is 12.4. The molecule has 114 valence electrons. The van der Waals surface area contributed by atoms with Crippen molar-refractivity contribution >= 4 is 15.9 Å². The number of rotatable bonds is 6. The Morgan fingerprint density at radius 3 is 2.45 bits per heavy atom. The number of carbonyl (C=O) groups excluding carboxylic acids is 1. The first-order chi connectivity index (χ1) is 9.10. The lowest BCUT2D eigenvalue weighted by Gasteiger charge is -2.22. The van der Waals surface area contributed by atoms with Gasteiger partial charge in [0.05, 0.1) is 0 Å². The van der Waals surface area contributed by atoms with Crippen molar-refractivity contribution in [2.75, 3.05) is 6.54 Å². The second-order valence-corrected chi connectivity index (χ2v) is 7.15. The third-order valence-corrected chi connectivity index (χ3v) is 4.34. The maximum Gasteiger partial charge on any atom is 0.267 e. The minimum Gasteiger partial charge on any atom is -0.350 e. The van der Waals surface area contributed by atoms with Crippen LogP contribution in [-0.2, 0) is 16.6 Å². The molecule has 0 saturated heterocycles.